The number of thioether (sulfide) groups is 1. The number of rotatable bonds is 5. The van der Waals surface area contributed by atoms with Crippen LogP contribution in [0.25, 0.3) is 0 Å². The molecule has 1 aliphatic carbocycles. The highest BCUT2D eigenvalue weighted by Crippen LogP contribution is 2.40. The normalized spacial score (nSPS) is 18.6. The predicted octanol–water partition coefficient (Wildman–Crippen LogP) is 1.81. The molecule has 1 saturated carbocycles. The van der Waals surface area contributed by atoms with Crippen molar-refractivity contribution in [1.29, 1.82) is 5.26 Å². The van der Waals surface area contributed by atoms with Crippen molar-refractivity contribution in [2.75, 3.05) is 12.0 Å². The van der Waals surface area contributed by atoms with Gasteiger partial charge in [-0.1, -0.05) is 0 Å². The van der Waals surface area contributed by atoms with Gasteiger partial charge in [0, 0.05) is 16.9 Å². The molecule has 0 aliphatic heterocycles. The Labute approximate surface area is 117 Å². The Bertz CT molecular complexity index is 601. The van der Waals surface area contributed by atoms with Gasteiger partial charge in [-0.05, 0) is 43.0 Å². The maximum Gasteiger partial charge on any atom is 0.175 e. The van der Waals surface area contributed by atoms with E-state index in [2.05, 4.69) is 6.07 Å². The molecule has 6 heteroatoms. The number of sulfone groups is 1. The van der Waals surface area contributed by atoms with E-state index in [1.807, 2.05) is 0 Å². The van der Waals surface area contributed by atoms with Crippen LogP contribution >= 0.6 is 11.8 Å². The molecule has 0 aromatic heterocycles. The van der Waals surface area contributed by atoms with E-state index >= 15 is 0 Å². The third kappa shape index (κ3) is 3.50. The second-order valence-electron chi connectivity index (χ2n) is 4.96. The van der Waals surface area contributed by atoms with E-state index in [4.69, 9.17) is 11.0 Å². The van der Waals surface area contributed by atoms with Crippen molar-refractivity contribution in [2.24, 2.45) is 11.7 Å². The van der Waals surface area contributed by atoms with E-state index < -0.39 is 15.4 Å². The Morgan fingerprint density at radius 3 is 2.42 bits per heavy atom. The number of nitriles is 1. The van der Waals surface area contributed by atoms with Gasteiger partial charge in [-0.15, -0.1) is 11.8 Å². The van der Waals surface area contributed by atoms with Gasteiger partial charge in [0.15, 0.2) is 9.84 Å². The first kappa shape index (κ1) is 14.4. The molecule has 1 aromatic carbocycles. The van der Waals surface area contributed by atoms with Crippen molar-refractivity contribution in [3.8, 4) is 6.07 Å². The number of hydrogen-bond donors (Lipinski definition) is 1. The van der Waals surface area contributed by atoms with Crippen LogP contribution in [0.4, 0.5) is 0 Å². The lowest BCUT2D eigenvalue weighted by atomic mass is 10.00. The largest absolute Gasteiger partial charge is 0.312 e. The van der Waals surface area contributed by atoms with Crippen molar-refractivity contribution in [1.82, 2.24) is 0 Å². The summed E-state index contributed by atoms with van der Waals surface area (Å²) < 4.78 is 22.7. The first-order chi connectivity index (χ1) is 8.85. The molecule has 102 valence electrons. The summed E-state index contributed by atoms with van der Waals surface area (Å²) in [6.07, 6.45) is 3.23. The van der Waals surface area contributed by atoms with Gasteiger partial charge in [0.2, 0.25) is 0 Å². The van der Waals surface area contributed by atoms with E-state index in [0.717, 1.165) is 17.7 Å². The van der Waals surface area contributed by atoms with Crippen molar-refractivity contribution in [3.05, 3.63) is 24.3 Å². The van der Waals surface area contributed by atoms with Crippen LogP contribution in [0.15, 0.2) is 34.1 Å². The van der Waals surface area contributed by atoms with Gasteiger partial charge in [0.1, 0.15) is 5.54 Å². The molecule has 2 N–H and O–H groups in total. The molecule has 1 aromatic rings. The second kappa shape index (κ2) is 5.16. The van der Waals surface area contributed by atoms with Gasteiger partial charge in [-0.3, -0.25) is 0 Å². The van der Waals surface area contributed by atoms with Crippen LogP contribution in [0, 0.1) is 17.2 Å². The van der Waals surface area contributed by atoms with Crippen molar-refractivity contribution >= 4 is 21.6 Å². The molecule has 1 atom stereocenters. The molecule has 1 unspecified atom stereocenters. The lowest BCUT2D eigenvalue weighted by molar-refractivity contribution is 0.532. The summed E-state index contributed by atoms with van der Waals surface area (Å²) in [7, 11) is -3.16. The molecule has 0 heterocycles. The summed E-state index contributed by atoms with van der Waals surface area (Å²) in [4.78, 5) is 1.23. The molecule has 0 spiro atoms. The molecule has 0 bridgehead atoms. The molecule has 0 amide bonds. The molecule has 0 radical (unpaired) electrons. The Kier molecular flexibility index (Phi) is 3.90. The van der Waals surface area contributed by atoms with Crippen molar-refractivity contribution in [2.45, 2.75) is 28.2 Å². The third-order valence-electron chi connectivity index (χ3n) is 3.24. The second-order valence-corrected chi connectivity index (χ2v) is 8.02. The van der Waals surface area contributed by atoms with Crippen LogP contribution in [0.1, 0.15) is 12.8 Å². The lowest BCUT2D eigenvalue weighted by Gasteiger charge is -2.20. The minimum Gasteiger partial charge on any atom is -0.312 e. The van der Waals surface area contributed by atoms with Gasteiger partial charge in [-0.2, -0.15) is 5.26 Å². The van der Waals surface area contributed by atoms with E-state index in [1.54, 1.807) is 24.3 Å². The van der Waals surface area contributed by atoms with E-state index in [0.29, 0.717) is 16.6 Å². The van der Waals surface area contributed by atoms with Crippen LogP contribution in [-0.2, 0) is 9.84 Å². The van der Waals surface area contributed by atoms with Gasteiger partial charge in [0.05, 0.1) is 11.0 Å². The van der Waals surface area contributed by atoms with Crippen molar-refractivity contribution in [3.63, 3.8) is 0 Å². The third-order valence-corrected chi connectivity index (χ3v) is 5.60. The molecular weight excluding hydrogens is 280 g/mol. The highest BCUT2D eigenvalue weighted by molar-refractivity contribution is 7.99. The molecule has 2 rings (SSSR count). The predicted molar refractivity (Wildman–Crippen MR) is 75.5 cm³/mol. The Balaban J connectivity index is 2.03. The van der Waals surface area contributed by atoms with Gasteiger partial charge in [0.25, 0.3) is 0 Å². The maximum atomic E-state index is 11.3. The summed E-state index contributed by atoms with van der Waals surface area (Å²) in [6.45, 7) is 0. The topological polar surface area (TPSA) is 83.9 Å². The summed E-state index contributed by atoms with van der Waals surface area (Å²) in [5, 5.41) is 9.16. The van der Waals surface area contributed by atoms with Gasteiger partial charge in [-0.25, -0.2) is 8.42 Å². The van der Waals surface area contributed by atoms with Crippen molar-refractivity contribution < 1.29 is 8.42 Å². The van der Waals surface area contributed by atoms with Crippen LogP contribution in [0.3, 0.4) is 0 Å². The number of hydrogen-bond acceptors (Lipinski definition) is 5. The molecule has 1 aliphatic rings. The van der Waals surface area contributed by atoms with Gasteiger partial charge >= 0.3 is 0 Å². The molecular formula is C13H16N2O2S2. The van der Waals surface area contributed by atoms with Gasteiger partial charge < -0.3 is 5.73 Å². The zero-order valence-corrected chi connectivity index (χ0v) is 12.3. The zero-order chi connectivity index (χ0) is 14.1. The van der Waals surface area contributed by atoms with E-state index in [1.165, 1.54) is 18.0 Å². The average Bonchev–Trinajstić information content (AvgIpc) is 3.20. The summed E-state index contributed by atoms with van der Waals surface area (Å²) in [5.41, 5.74) is 5.31. The maximum absolute atomic E-state index is 11.3. The molecule has 1 fully saturated rings. The summed E-state index contributed by atoms with van der Waals surface area (Å²) >= 11 is 1.50. The molecule has 19 heavy (non-hydrogen) atoms. The smallest absolute Gasteiger partial charge is 0.175 e. The van der Waals surface area contributed by atoms with Crippen LogP contribution in [0.2, 0.25) is 0 Å². The van der Waals surface area contributed by atoms with E-state index in [9.17, 15) is 8.42 Å². The summed E-state index contributed by atoms with van der Waals surface area (Å²) in [6, 6.07) is 8.88. The molecule has 4 nitrogen and oxygen atoms in total. The fraction of sp³-hybridized carbons (Fsp3) is 0.462. The SMILES string of the molecule is CS(=O)(=O)c1ccc(SCC(N)(C#N)C2CC2)cc1. The monoisotopic (exact) mass is 296 g/mol. The fourth-order valence-corrected chi connectivity index (χ4v) is 3.49. The fourth-order valence-electron chi connectivity index (χ4n) is 1.83. The van der Waals surface area contributed by atoms with Crippen LogP contribution < -0.4 is 5.73 Å². The minimum atomic E-state index is -3.16. The average molecular weight is 296 g/mol. The van der Waals surface area contributed by atoms with Crippen LogP contribution in [0.5, 0.6) is 0 Å². The number of nitrogens with two attached hydrogens (primary N) is 1. The first-order valence-electron chi connectivity index (χ1n) is 5.98. The first-order valence-corrected chi connectivity index (χ1v) is 8.86. The molecule has 0 saturated heterocycles. The highest BCUT2D eigenvalue weighted by atomic mass is 32.2. The quantitative estimate of drug-likeness (QED) is 0.838. The Hall–Kier alpha value is -1.03. The van der Waals surface area contributed by atoms with E-state index in [-0.39, 0.29) is 0 Å². The Morgan fingerprint density at radius 2 is 2.00 bits per heavy atom. The number of benzene rings is 1. The standard InChI is InChI=1S/C13H16N2O2S2/c1-19(16,17)12-6-4-11(5-7-12)18-9-13(15,8-14)10-2-3-10/h4-7,10H,2-3,9,15H2,1H3. The Morgan fingerprint density at radius 1 is 1.42 bits per heavy atom. The number of nitrogens with zero attached hydrogens (tertiary/aromatic N) is 1. The highest BCUT2D eigenvalue weighted by Gasteiger charge is 2.42. The zero-order valence-electron chi connectivity index (χ0n) is 10.7. The summed E-state index contributed by atoms with van der Waals surface area (Å²) in [5.74, 6) is 0.840. The minimum absolute atomic E-state index is 0.304. The van der Waals surface area contributed by atoms with Crippen LogP contribution in [-0.4, -0.2) is 26.0 Å². The lowest BCUT2D eigenvalue weighted by Crippen LogP contribution is -2.43.